The Morgan fingerprint density at radius 1 is 1.03 bits per heavy atom. The van der Waals surface area contributed by atoms with Crippen LogP contribution < -0.4 is 16.2 Å². The Kier molecular flexibility index (Phi) is 5.91. The average molecular weight is 490 g/mol. The first-order valence-electron chi connectivity index (χ1n) is 12.5. The molecule has 0 saturated carbocycles. The van der Waals surface area contributed by atoms with Gasteiger partial charge in [-0.2, -0.15) is 5.26 Å². The van der Waals surface area contributed by atoms with Crippen molar-refractivity contribution in [3.8, 4) is 6.07 Å². The molecule has 3 aromatic heterocycles. The minimum atomic E-state index is -0.175. The highest BCUT2D eigenvalue weighted by atomic mass is 16.1. The molecular weight excluding hydrogens is 462 g/mol. The predicted octanol–water partition coefficient (Wildman–Crippen LogP) is 3.64. The van der Waals surface area contributed by atoms with Crippen LogP contribution in [0, 0.1) is 11.3 Å². The fourth-order valence-electron chi connectivity index (χ4n) is 5.39. The summed E-state index contributed by atoms with van der Waals surface area (Å²) in [5.74, 6) is 0.730. The number of nitrogens with two attached hydrogens (primary N) is 1. The van der Waals surface area contributed by atoms with Crippen molar-refractivity contribution in [3.05, 3.63) is 100 Å². The van der Waals surface area contributed by atoms with Gasteiger partial charge in [-0.1, -0.05) is 48.5 Å². The molecule has 1 unspecified atom stereocenters. The number of aromatic nitrogens is 4. The van der Waals surface area contributed by atoms with E-state index >= 15 is 0 Å². The summed E-state index contributed by atoms with van der Waals surface area (Å²) in [6.45, 7) is 2.23. The van der Waals surface area contributed by atoms with E-state index in [2.05, 4.69) is 20.9 Å². The lowest BCUT2D eigenvalue weighted by Crippen LogP contribution is -2.44. The third-order valence-corrected chi connectivity index (χ3v) is 7.13. The van der Waals surface area contributed by atoms with Gasteiger partial charge in [0.05, 0.1) is 18.4 Å². The maximum Gasteiger partial charge on any atom is 0.278 e. The highest BCUT2D eigenvalue weighted by Gasteiger charge is 2.28. The van der Waals surface area contributed by atoms with Gasteiger partial charge in [0, 0.05) is 37.3 Å². The van der Waals surface area contributed by atoms with Crippen LogP contribution in [-0.4, -0.2) is 38.2 Å². The topological polar surface area (TPSA) is 106 Å². The Hall–Kier alpha value is -4.48. The summed E-state index contributed by atoms with van der Waals surface area (Å²) in [6, 6.07) is 22.2. The summed E-state index contributed by atoms with van der Waals surface area (Å²) in [4.78, 5) is 25.3. The molecule has 5 aromatic rings. The van der Waals surface area contributed by atoms with Gasteiger partial charge in [0.2, 0.25) is 0 Å². The quantitative estimate of drug-likeness (QED) is 0.404. The van der Waals surface area contributed by atoms with Crippen LogP contribution in [0.15, 0.2) is 78.0 Å². The maximum absolute atomic E-state index is 14.0. The largest absolute Gasteiger partial charge is 0.355 e. The van der Waals surface area contributed by atoms with Gasteiger partial charge in [0.15, 0.2) is 0 Å². The smallest absolute Gasteiger partial charge is 0.278 e. The monoisotopic (exact) mass is 489 g/mol. The molecule has 4 heterocycles. The third-order valence-electron chi connectivity index (χ3n) is 7.13. The van der Waals surface area contributed by atoms with E-state index in [-0.39, 0.29) is 11.6 Å². The van der Waals surface area contributed by atoms with E-state index in [0.717, 1.165) is 47.2 Å². The molecule has 0 amide bonds. The lowest BCUT2D eigenvalue weighted by atomic mass is 10.1. The number of rotatable bonds is 5. The minimum Gasteiger partial charge on any atom is -0.355 e. The van der Waals surface area contributed by atoms with Crippen molar-refractivity contribution >= 4 is 27.8 Å². The Bertz CT molecular complexity index is 1690. The number of para-hydroxylation sites is 1. The second-order valence-corrected chi connectivity index (χ2v) is 9.59. The summed E-state index contributed by atoms with van der Waals surface area (Å²) in [5, 5.41) is 11.2. The van der Waals surface area contributed by atoms with E-state index in [1.165, 1.54) is 0 Å². The molecule has 1 aliphatic rings. The fourth-order valence-corrected chi connectivity index (χ4v) is 5.39. The third kappa shape index (κ3) is 4.13. The van der Waals surface area contributed by atoms with E-state index in [1.54, 1.807) is 17.1 Å². The number of nitrogens with zero attached hydrogens (tertiary/aromatic N) is 6. The van der Waals surface area contributed by atoms with Crippen LogP contribution in [0.3, 0.4) is 0 Å². The summed E-state index contributed by atoms with van der Waals surface area (Å²) in [7, 11) is 0. The van der Waals surface area contributed by atoms with Crippen molar-refractivity contribution in [3.63, 3.8) is 0 Å². The molecule has 0 spiro atoms. The van der Waals surface area contributed by atoms with E-state index in [1.807, 2.05) is 65.2 Å². The SMILES string of the molecule is N#Cc1c(N2CCCC(N)C2)n(Cc2ccccc2)c2c(=O)n(Cc3ccnc4ccccc34)cnc12. The summed E-state index contributed by atoms with van der Waals surface area (Å²) in [6.07, 6.45) is 5.20. The van der Waals surface area contributed by atoms with Crippen molar-refractivity contribution in [2.75, 3.05) is 18.0 Å². The van der Waals surface area contributed by atoms with Crippen molar-refractivity contribution in [2.45, 2.75) is 32.0 Å². The summed E-state index contributed by atoms with van der Waals surface area (Å²) in [5.41, 5.74) is 10.4. The van der Waals surface area contributed by atoms with Crippen LogP contribution in [0.1, 0.15) is 29.5 Å². The van der Waals surface area contributed by atoms with E-state index in [4.69, 9.17) is 5.73 Å². The van der Waals surface area contributed by atoms with E-state index in [0.29, 0.717) is 36.2 Å². The number of benzene rings is 2. The Labute approximate surface area is 214 Å². The molecule has 6 rings (SSSR count). The van der Waals surface area contributed by atoms with Crippen LogP contribution in [0.2, 0.25) is 0 Å². The van der Waals surface area contributed by atoms with Crippen LogP contribution >= 0.6 is 0 Å². The molecule has 1 saturated heterocycles. The first-order chi connectivity index (χ1) is 18.1. The Balaban J connectivity index is 1.55. The minimum absolute atomic E-state index is 0.0214. The molecule has 0 radical (unpaired) electrons. The van der Waals surface area contributed by atoms with Gasteiger partial charge in [-0.25, -0.2) is 4.98 Å². The Morgan fingerprint density at radius 2 is 1.84 bits per heavy atom. The lowest BCUT2D eigenvalue weighted by molar-refractivity contribution is 0.498. The summed E-state index contributed by atoms with van der Waals surface area (Å²) < 4.78 is 3.59. The number of anilines is 1. The van der Waals surface area contributed by atoms with Gasteiger partial charge < -0.3 is 15.2 Å². The number of hydrogen-bond acceptors (Lipinski definition) is 6. The predicted molar refractivity (Wildman–Crippen MR) is 145 cm³/mol. The lowest BCUT2D eigenvalue weighted by Gasteiger charge is -2.33. The molecule has 1 fully saturated rings. The van der Waals surface area contributed by atoms with Crippen molar-refractivity contribution in [2.24, 2.45) is 5.73 Å². The molecular formula is C29H27N7O. The molecule has 2 aromatic carbocycles. The summed E-state index contributed by atoms with van der Waals surface area (Å²) >= 11 is 0. The second kappa shape index (κ2) is 9.52. The van der Waals surface area contributed by atoms with Gasteiger partial charge >= 0.3 is 0 Å². The molecule has 1 atom stereocenters. The average Bonchev–Trinajstić information content (AvgIpc) is 3.24. The van der Waals surface area contributed by atoms with Gasteiger partial charge in [-0.3, -0.25) is 14.3 Å². The highest BCUT2D eigenvalue weighted by molar-refractivity contribution is 5.89. The van der Waals surface area contributed by atoms with Gasteiger partial charge in [0.25, 0.3) is 5.56 Å². The molecule has 37 heavy (non-hydrogen) atoms. The van der Waals surface area contributed by atoms with Gasteiger partial charge in [-0.15, -0.1) is 0 Å². The van der Waals surface area contributed by atoms with Gasteiger partial charge in [0.1, 0.15) is 28.5 Å². The Morgan fingerprint density at radius 3 is 2.65 bits per heavy atom. The number of nitriles is 1. The van der Waals surface area contributed by atoms with Crippen LogP contribution in [0.4, 0.5) is 5.82 Å². The number of fused-ring (bicyclic) bond motifs is 2. The van der Waals surface area contributed by atoms with Crippen molar-refractivity contribution < 1.29 is 0 Å². The van der Waals surface area contributed by atoms with Crippen molar-refractivity contribution in [1.29, 1.82) is 5.26 Å². The van der Waals surface area contributed by atoms with Gasteiger partial charge in [-0.05, 0) is 36.1 Å². The molecule has 2 N–H and O–H groups in total. The first-order valence-corrected chi connectivity index (χ1v) is 12.5. The first kappa shape index (κ1) is 23.0. The zero-order chi connectivity index (χ0) is 25.4. The number of hydrogen-bond donors (Lipinski definition) is 1. The normalized spacial score (nSPS) is 15.8. The van der Waals surface area contributed by atoms with Crippen LogP contribution in [-0.2, 0) is 13.1 Å². The van der Waals surface area contributed by atoms with E-state index < -0.39 is 0 Å². The fraction of sp³-hybridized carbons (Fsp3) is 0.241. The number of pyridine rings is 1. The molecule has 0 bridgehead atoms. The van der Waals surface area contributed by atoms with E-state index in [9.17, 15) is 10.1 Å². The van der Waals surface area contributed by atoms with Crippen molar-refractivity contribution in [1.82, 2.24) is 19.1 Å². The highest BCUT2D eigenvalue weighted by Crippen LogP contribution is 2.32. The maximum atomic E-state index is 14.0. The van der Waals surface area contributed by atoms with Crippen LogP contribution in [0.25, 0.3) is 21.9 Å². The second-order valence-electron chi connectivity index (χ2n) is 9.59. The molecule has 8 heteroatoms. The molecule has 8 nitrogen and oxygen atoms in total. The standard InChI is InChI=1S/C29H27N7O/c30-15-24-26-27(29(37)35(19-33-26)17-21-12-13-32-25-11-5-4-10-23(21)25)36(16-20-7-2-1-3-8-20)28(24)34-14-6-9-22(31)18-34/h1-5,7-8,10-13,19,22H,6,9,14,16-18,31H2. The molecule has 0 aliphatic carbocycles. The molecule has 184 valence electrons. The zero-order valence-electron chi connectivity index (χ0n) is 20.4. The molecule has 1 aliphatic heterocycles. The zero-order valence-corrected chi connectivity index (χ0v) is 20.4. The number of piperidine rings is 1. The van der Waals surface area contributed by atoms with Crippen LogP contribution in [0.5, 0.6) is 0 Å².